The van der Waals surface area contributed by atoms with Gasteiger partial charge in [0.05, 0.1) is 11.1 Å². The molecule has 0 saturated carbocycles. The molecule has 3 rings (SSSR count). The Balaban J connectivity index is 1.72. The maximum absolute atomic E-state index is 13.0. The van der Waals surface area contributed by atoms with Crippen LogP contribution in [0.15, 0.2) is 39.7 Å². The summed E-state index contributed by atoms with van der Waals surface area (Å²) in [5.74, 6) is 0.0875. The van der Waals surface area contributed by atoms with Gasteiger partial charge in [-0.2, -0.15) is 13.2 Å². The van der Waals surface area contributed by atoms with Gasteiger partial charge in [-0.25, -0.2) is 9.71 Å². The molecule has 2 aromatic rings. The van der Waals surface area contributed by atoms with Crippen molar-refractivity contribution >= 4 is 23.0 Å². The first-order chi connectivity index (χ1) is 14.2. The number of likely N-dealkylation sites (N-methyl/N-ethyl adjacent to an activating group) is 1. The van der Waals surface area contributed by atoms with Gasteiger partial charge in [-0.3, -0.25) is 4.79 Å². The molecule has 0 fully saturated rings. The number of furan rings is 1. The topological polar surface area (TPSA) is 69.9 Å². The number of carbonyl (C=O) groups excluding carboxylic acids is 1. The van der Waals surface area contributed by atoms with Gasteiger partial charge in [0.2, 0.25) is 0 Å². The van der Waals surface area contributed by atoms with Gasteiger partial charge in [0.1, 0.15) is 17.7 Å². The van der Waals surface area contributed by atoms with E-state index in [1.54, 1.807) is 6.92 Å². The predicted molar refractivity (Wildman–Crippen MR) is 111 cm³/mol. The molecule has 2 heterocycles. The molecule has 0 bridgehead atoms. The molecule has 2 N–H and O–H groups in total. The molecule has 1 unspecified atom stereocenters. The normalized spacial score (nSPS) is 16.8. The Morgan fingerprint density at radius 1 is 1.30 bits per heavy atom. The minimum Gasteiger partial charge on any atom is -0.461 e. The Labute approximate surface area is 177 Å². The number of hydrogen-bond donors (Lipinski definition) is 2. The summed E-state index contributed by atoms with van der Waals surface area (Å²) in [6.07, 6.45) is -4.58. The number of aliphatic imine (C=N–C) groups is 1. The zero-order valence-electron chi connectivity index (χ0n) is 16.8. The number of nitrogens with zero attached hydrogens (tertiary/aromatic N) is 2. The van der Waals surface area contributed by atoms with Gasteiger partial charge in [-0.1, -0.05) is 26.0 Å². The van der Waals surface area contributed by atoms with Crippen molar-refractivity contribution < 1.29 is 22.4 Å². The number of benzene rings is 1. The van der Waals surface area contributed by atoms with E-state index in [-0.39, 0.29) is 23.1 Å². The molecule has 0 aliphatic carbocycles. The van der Waals surface area contributed by atoms with Crippen LogP contribution in [0.1, 0.15) is 35.5 Å². The standard InChI is InChI=1S/C20H23F3N4O2S/c1-4-27(5-2)11-17-24-19(30-26-17)25-18(28)15-10-16(29-12(15)3)13-7-6-8-14(9-13)20(21,22)23/h6-10,17,26H,4-5,11H2,1-3H3,(H,24,25,28). The van der Waals surface area contributed by atoms with Crippen LogP contribution in [-0.4, -0.2) is 41.8 Å². The van der Waals surface area contributed by atoms with Crippen LogP contribution in [0.5, 0.6) is 0 Å². The number of alkyl halides is 3. The Morgan fingerprint density at radius 2 is 2.03 bits per heavy atom. The van der Waals surface area contributed by atoms with E-state index in [2.05, 4.69) is 33.8 Å². The number of amidine groups is 1. The number of amides is 1. The average molecular weight is 440 g/mol. The van der Waals surface area contributed by atoms with Gasteiger partial charge >= 0.3 is 6.18 Å². The van der Waals surface area contributed by atoms with Crippen molar-refractivity contribution in [3.63, 3.8) is 0 Å². The highest BCUT2D eigenvalue weighted by molar-refractivity contribution is 8.12. The number of halogens is 3. The highest BCUT2D eigenvalue weighted by Crippen LogP contribution is 2.33. The van der Waals surface area contributed by atoms with Gasteiger partial charge in [0.25, 0.3) is 5.91 Å². The highest BCUT2D eigenvalue weighted by Gasteiger charge is 2.31. The van der Waals surface area contributed by atoms with Crippen LogP contribution in [0.2, 0.25) is 0 Å². The third-order valence-corrected chi connectivity index (χ3v) is 5.54. The fraction of sp³-hybridized carbons (Fsp3) is 0.400. The number of nitrogens with one attached hydrogen (secondary N) is 2. The first-order valence-electron chi connectivity index (χ1n) is 9.53. The summed E-state index contributed by atoms with van der Waals surface area (Å²) in [5.41, 5.74) is -0.277. The van der Waals surface area contributed by atoms with Crippen molar-refractivity contribution in [2.75, 3.05) is 19.6 Å². The largest absolute Gasteiger partial charge is 0.461 e. The molecule has 1 aliphatic heterocycles. The summed E-state index contributed by atoms with van der Waals surface area (Å²) in [4.78, 5) is 19.3. The molecule has 1 aliphatic rings. The number of hydrogen-bond acceptors (Lipinski definition) is 6. The lowest BCUT2D eigenvalue weighted by Gasteiger charge is -2.20. The van der Waals surface area contributed by atoms with Crippen LogP contribution in [0, 0.1) is 6.92 Å². The molecular weight excluding hydrogens is 417 g/mol. The average Bonchev–Trinajstić information content (AvgIpc) is 3.31. The molecule has 6 nitrogen and oxygen atoms in total. The third-order valence-electron chi connectivity index (χ3n) is 4.75. The minimum atomic E-state index is -4.45. The molecule has 162 valence electrons. The van der Waals surface area contributed by atoms with Crippen LogP contribution in [0.4, 0.5) is 13.2 Å². The first kappa shape index (κ1) is 22.4. The summed E-state index contributed by atoms with van der Waals surface area (Å²) in [6.45, 7) is 8.27. The van der Waals surface area contributed by atoms with Gasteiger partial charge in [0, 0.05) is 12.1 Å². The van der Waals surface area contributed by atoms with Crippen molar-refractivity contribution in [3.8, 4) is 11.3 Å². The lowest BCUT2D eigenvalue weighted by Crippen LogP contribution is -2.35. The van der Waals surface area contributed by atoms with Gasteiger partial charge in [0.15, 0.2) is 5.17 Å². The van der Waals surface area contributed by atoms with E-state index in [1.807, 2.05) is 0 Å². The van der Waals surface area contributed by atoms with Crippen molar-refractivity contribution in [1.29, 1.82) is 0 Å². The lowest BCUT2D eigenvalue weighted by molar-refractivity contribution is -0.137. The van der Waals surface area contributed by atoms with Crippen molar-refractivity contribution in [2.24, 2.45) is 4.99 Å². The minimum absolute atomic E-state index is 0.128. The van der Waals surface area contributed by atoms with Crippen LogP contribution >= 0.6 is 11.9 Å². The summed E-state index contributed by atoms with van der Waals surface area (Å²) < 4.78 is 47.6. The van der Waals surface area contributed by atoms with E-state index >= 15 is 0 Å². The summed E-state index contributed by atoms with van der Waals surface area (Å²) in [7, 11) is 0. The molecule has 0 radical (unpaired) electrons. The molecule has 30 heavy (non-hydrogen) atoms. The molecule has 1 aromatic carbocycles. The van der Waals surface area contributed by atoms with E-state index in [9.17, 15) is 18.0 Å². The van der Waals surface area contributed by atoms with E-state index in [0.717, 1.165) is 31.8 Å². The van der Waals surface area contributed by atoms with Gasteiger partial charge in [-0.15, -0.1) is 0 Å². The highest BCUT2D eigenvalue weighted by atomic mass is 32.2. The third kappa shape index (κ3) is 5.24. The van der Waals surface area contributed by atoms with Gasteiger partial charge in [-0.05, 0) is 50.2 Å². The SMILES string of the molecule is CCN(CC)CC1N=C(NC(=O)c2cc(-c3cccc(C(F)(F)F)c3)oc2C)SN1. The second-order valence-electron chi connectivity index (χ2n) is 6.77. The molecule has 1 atom stereocenters. The lowest BCUT2D eigenvalue weighted by atomic mass is 10.1. The Morgan fingerprint density at radius 3 is 2.70 bits per heavy atom. The van der Waals surface area contributed by atoms with Crippen molar-refractivity contribution in [3.05, 3.63) is 47.2 Å². The number of rotatable bonds is 6. The second-order valence-corrected chi connectivity index (χ2v) is 7.60. The summed E-state index contributed by atoms with van der Waals surface area (Å²) >= 11 is 1.24. The van der Waals surface area contributed by atoms with Crippen molar-refractivity contribution in [2.45, 2.75) is 33.1 Å². The fourth-order valence-corrected chi connectivity index (χ4v) is 3.74. The first-order valence-corrected chi connectivity index (χ1v) is 10.3. The van der Waals surface area contributed by atoms with Gasteiger partial charge < -0.3 is 14.6 Å². The Hall–Kier alpha value is -2.30. The molecule has 0 saturated heterocycles. The monoisotopic (exact) mass is 440 g/mol. The molecule has 10 heteroatoms. The van der Waals surface area contributed by atoms with E-state index in [1.165, 1.54) is 30.1 Å². The maximum atomic E-state index is 13.0. The molecule has 1 amide bonds. The Bertz CT molecular complexity index is 938. The molecule has 0 spiro atoms. The quantitative estimate of drug-likeness (QED) is 0.657. The predicted octanol–water partition coefficient (Wildman–Crippen LogP) is 4.28. The zero-order chi connectivity index (χ0) is 21.9. The molecular formula is C20H23F3N4O2S. The second kappa shape index (κ2) is 9.23. The number of carbonyl (C=O) groups is 1. The van der Waals surface area contributed by atoms with E-state index < -0.39 is 17.6 Å². The van der Waals surface area contributed by atoms with Crippen LogP contribution in [-0.2, 0) is 6.18 Å². The summed E-state index contributed by atoms with van der Waals surface area (Å²) in [5, 5.41) is 3.17. The van der Waals surface area contributed by atoms with Crippen LogP contribution in [0.3, 0.4) is 0 Å². The van der Waals surface area contributed by atoms with Crippen LogP contribution < -0.4 is 10.0 Å². The number of aryl methyl sites for hydroxylation is 1. The fourth-order valence-electron chi connectivity index (χ4n) is 3.04. The zero-order valence-corrected chi connectivity index (χ0v) is 17.7. The van der Waals surface area contributed by atoms with Crippen LogP contribution in [0.25, 0.3) is 11.3 Å². The Kier molecular flexibility index (Phi) is 6.89. The summed E-state index contributed by atoms with van der Waals surface area (Å²) in [6, 6.07) is 6.25. The van der Waals surface area contributed by atoms with E-state index in [4.69, 9.17) is 4.42 Å². The molecule has 1 aromatic heterocycles. The van der Waals surface area contributed by atoms with Crippen molar-refractivity contribution in [1.82, 2.24) is 14.9 Å². The maximum Gasteiger partial charge on any atom is 0.416 e. The van der Waals surface area contributed by atoms with E-state index in [0.29, 0.717) is 10.9 Å². The smallest absolute Gasteiger partial charge is 0.416 e.